The van der Waals surface area contributed by atoms with Gasteiger partial charge in [-0.2, -0.15) is 5.10 Å². The molecule has 18 heavy (non-hydrogen) atoms. The number of aromatic nitrogens is 3. The van der Waals surface area contributed by atoms with E-state index in [-0.39, 0.29) is 16.1 Å². The van der Waals surface area contributed by atoms with Crippen molar-refractivity contribution in [3.63, 3.8) is 0 Å². The Balaban J connectivity index is 2.43. The summed E-state index contributed by atoms with van der Waals surface area (Å²) < 4.78 is 0. The number of nitrogens with zero attached hydrogens (tertiary/aromatic N) is 3. The van der Waals surface area contributed by atoms with Crippen LogP contribution in [0.25, 0.3) is 0 Å². The van der Waals surface area contributed by atoms with Crippen LogP contribution in [-0.4, -0.2) is 31.2 Å². The highest BCUT2D eigenvalue weighted by atomic mass is 32.2. The molecule has 92 valence electrons. The molecule has 9 heteroatoms. The summed E-state index contributed by atoms with van der Waals surface area (Å²) in [6, 6.07) is 3.57. The van der Waals surface area contributed by atoms with Gasteiger partial charge in [-0.15, -0.1) is 0 Å². The summed E-state index contributed by atoms with van der Waals surface area (Å²) in [5, 5.41) is 26.2. The zero-order valence-corrected chi connectivity index (χ0v) is 9.55. The largest absolute Gasteiger partial charge is 0.478 e. The van der Waals surface area contributed by atoms with Gasteiger partial charge in [0.2, 0.25) is 0 Å². The standard InChI is InChI=1S/C9H6N4O4S/c14-8(15)5-1-2-6(13(16)17)7(3-5)18-9-10-4-11-12-9/h1-4H,(H,14,15)(H,10,11,12). The molecule has 1 heterocycles. The highest BCUT2D eigenvalue weighted by molar-refractivity contribution is 7.99. The molecule has 0 aliphatic rings. The Hall–Kier alpha value is -2.42. The number of nitro benzene ring substituents is 1. The molecule has 0 radical (unpaired) electrons. The van der Waals surface area contributed by atoms with E-state index in [0.717, 1.165) is 17.8 Å². The van der Waals surface area contributed by atoms with E-state index in [4.69, 9.17) is 5.11 Å². The van der Waals surface area contributed by atoms with Crippen molar-refractivity contribution in [3.8, 4) is 0 Å². The molecule has 0 amide bonds. The lowest BCUT2D eigenvalue weighted by molar-refractivity contribution is -0.387. The first-order valence-electron chi connectivity index (χ1n) is 4.63. The first-order chi connectivity index (χ1) is 8.58. The predicted octanol–water partition coefficient (Wildman–Crippen LogP) is 1.56. The molecule has 1 aromatic carbocycles. The summed E-state index contributed by atoms with van der Waals surface area (Å²) in [4.78, 5) is 25.1. The quantitative estimate of drug-likeness (QED) is 0.635. The second-order valence-electron chi connectivity index (χ2n) is 3.14. The molecule has 0 saturated heterocycles. The van der Waals surface area contributed by atoms with Crippen LogP contribution < -0.4 is 0 Å². The monoisotopic (exact) mass is 266 g/mol. The summed E-state index contributed by atoms with van der Waals surface area (Å²) in [6.07, 6.45) is 1.26. The maximum absolute atomic E-state index is 10.8. The normalized spacial score (nSPS) is 10.2. The molecule has 0 fully saturated rings. The number of carboxylic acid groups (broad SMARTS) is 1. The smallest absolute Gasteiger partial charge is 0.335 e. The lowest BCUT2D eigenvalue weighted by atomic mass is 10.2. The van der Waals surface area contributed by atoms with E-state index < -0.39 is 10.9 Å². The molecule has 2 N–H and O–H groups in total. The average Bonchev–Trinajstić information content (AvgIpc) is 2.81. The molecule has 2 aromatic rings. The molecule has 2 rings (SSSR count). The highest BCUT2D eigenvalue weighted by Crippen LogP contribution is 2.33. The summed E-state index contributed by atoms with van der Waals surface area (Å²) in [5.41, 5.74) is -0.205. The number of carboxylic acids is 1. The minimum Gasteiger partial charge on any atom is -0.478 e. The van der Waals surface area contributed by atoms with Crippen LogP contribution in [0.5, 0.6) is 0 Å². The van der Waals surface area contributed by atoms with Crippen molar-refractivity contribution < 1.29 is 14.8 Å². The van der Waals surface area contributed by atoms with Crippen LogP contribution >= 0.6 is 11.8 Å². The maximum Gasteiger partial charge on any atom is 0.335 e. The number of aromatic carboxylic acids is 1. The molecular weight excluding hydrogens is 260 g/mol. The van der Waals surface area contributed by atoms with Gasteiger partial charge in [0.25, 0.3) is 5.69 Å². The molecule has 0 aliphatic heterocycles. The summed E-state index contributed by atoms with van der Waals surface area (Å²) in [5.74, 6) is -1.15. The molecule has 0 atom stereocenters. The van der Waals surface area contributed by atoms with E-state index in [2.05, 4.69) is 15.2 Å². The van der Waals surface area contributed by atoms with Crippen LogP contribution in [0.2, 0.25) is 0 Å². The van der Waals surface area contributed by atoms with E-state index >= 15 is 0 Å². The van der Waals surface area contributed by atoms with Crippen molar-refractivity contribution in [3.05, 3.63) is 40.2 Å². The Morgan fingerprint density at radius 2 is 2.28 bits per heavy atom. The first-order valence-corrected chi connectivity index (χ1v) is 5.44. The molecule has 1 aromatic heterocycles. The van der Waals surface area contributed by atoms with Gasteiger partial charge < -0.3 is 5.11 Å². The van der Waals surface area contributed by atoms with Crippen molar-refractivity contribution in [2.24, 2.45) is 0 Å². The lowest BCUT2D eigenvalue weighted by Gasteiger charge is -2.01. The Bertz CT molecular complexity index is 599. The van der Waals surface area contributed by atoms with Gasteiger partial charge in [0.1, 0.15) is 6.33 Å². The van der Waals surface area contributed by atoms with Crippen molar-refractivity contribution in [2.45, 2.75) is 10.1 Å². The second kappa shape index (κ2) is 4.84. The molecule has 0 spiro atoms. The minimum atomic E-state index is -1.15. The lowest BCUT2D eigenvalue weighted by Crippen LogP contribution is -1.98. The topological polar surface area (TPSA) is 122 Å². The minimum absolute atomic E-state index is 0.0254. The molecule has 0 aliphatic carbocycles. The Labute approximate surface area is 104 Å². The van der Waals surface area contributed by atoms with Crippen LogP contribution in [0.1, 0.15) is 10.4 Å². The highest BCUT2D eigenvalue weighted by Gasteiger charge is 2.18. The number of hydrogen-bond acceptors (Lipinski definition) is 6. The zero-order valence-electron chi connectivity index (χ0n) is 8.73. The van der Waals surface area contributed by atoms with Gasteiger partial charge in [-0.3, -0.25) is 15.2 Å². The SMILES string of the molecule is O=C(O)c1ccc([N+](=O)[O-])c(Sc2ncn[nH]2)c1. The third kappa shape index (κ3) is 2.46. The molecule has 0 saturated carbocycles. The van der Waals surface area contributed by atoms with Gasteiger partial charge in [0.15, 0.2) is 5.16 Å². The number of nitro groups is 1. The number of hydrogen-bond donors (Lipinski definition) is 2. The van der Waals surface area contributed by atoms with Crippen molar-refractivity contribution in [1.82, 2.24) is 15.2 Å². The summed E-state index contributed by atoms with van der Waals surface area (Å²) in [7, 11) is 0. The fourth-order valence-electron chi connectivity index (χ4n) is 1.23. The van der Waals surface area contributed by atoms with Gasteiger partial charge in [0.05, 0.1) is 15.4 Å². The van der Waals surface area contributed by atoms with E-state index in [0.29, 0.717) is 5.16 Å². The van der Waals surface area contributed by atoms with E-state index in [1.165, 1.54) is 18.5 Å². The van der Waals surface area contributed by atoms with Gasteiger partial charge in [0, 0.05) is 6.07 Å². The molecular formula is C9H6N4O4S. The number of H-pyrrole nitrogens is 1. The van der Waals surface area contributed by atoms with Crippen LogP contribution in [-0.2, 0) is 0 Å². The van der Waals surface area contributed by atoms with Crippen LogP contribution in [0.4, 0.5) is 5.69 Å². The van der Waals surface area contributed by atoms with Gasteiger partial charge in [-0.05, 0) is 23.9 Å². The van der Waals surface area contributed by atoms with Crippen LogP contribution in [0.15, 0.2) is 34.6 Å². The Morgan fingerprint density at radius 1 is 1.50 bits per heavy atom. The number of aromatic amines is 1. The molecule has 0 unspecified atom stereocenters. The van der Waals surface area contributed by atoms with Gasteiger partial charge in [-0.25, -0.2) is 9.78 Å². The van der Waals surface area contributed by atoms with E-state index in [1.807, 2.05) is 0 Å². The zero-order chi connectivity index (χ0) is 13.1. The summed E-state index contributed by atoms with van der Waals surface area (Å²) >= 11 is 0.947. The number of nitrogens with one attached hydrogen (secondary N) is 1. The van der Waals surface area contributed by atoms with Crippen LogP contribution in [0, 0.1) is 10.1 Å². The third-order valence-electron chi connectivity index (χ3n) is 2.00. The van der Waals surface area contributed by atoms with E-state index in [9.17, 15) is 14.9 Å². The fraction of sp³-hybridized carbons (Fsp3) is 0. The van der Waals surface area contributed by atoms with Gasteiger partial charge >= 0.3 is 5.97 Å². The van der Waals surface area contributed by atoms with Gasteiger partial charge in [-0.1, -0.05) is 0 Å². The fourth-order valence-corrected chi connectivity index (χ4v) is 2.07. The predicted molar refractivity (Wildman–Crippen MR) is 60.6 cm³/mol. The Kier molecular flexibility index (Phi) is 3.24. The van der Waals surface area contributed by atoms with Crippen molar-refractivity contribution in [1.29, 1.82) is 0 Å². The van der Waals surface area contributed by atoms with E-state index in [1.54, 1.807) is 0 Å². The third-order valence-corrected chi connectivity index (χ3v) is 2.94. The maximum atomic E-state index is 10.8. The summed E-state index contributed by atoms with van der Waals surface area (Å²) in [6.45, 7) is 0. The van der Waals surface area contributed by atoms with Crippen LogP contribution in [0.3, 0.4) is 0 Å². The first kappa shape index (κ1) is 12.0. The number of rotatable bonds is 4. The van der Waals surface area contributed by atoms with Crippen molar-refractivity contribution in [2.75, 3.05) is 0 Å². The number of carbonyl (C=O) groups is 1. The average molecular weight is 266 g/mol. The second-order valence-corrected chi connectivity index (χ2v) is 4.17. The molecule has 0 bridgehead atoms. The Morgan fingerprint density at radius 3 is 2.83 bits per heavy atom. The molecule has 8 nitrogen and oxygen atoms in total. The number of benzene rings is 1. The van der Waals surface area contributed by atoms with Crippen molar-refractivity contribution >= 4 is 23.4 Å².